The fourth-order valence-electron chi connectivity index (χ4n) is 0.590. The van der Waals surface area contributed by atoms with Crippen LogP contribution < -0.4 is 4.52 Å². The molecule has 0 spiro atoms. The molecular formula is C7H9NOP2. The molecule has 0 amide bonds. The number of nitrogens with zero attached hydrogens (tertiary/aromatic N) is 1. The summed E-state index contributed by atoms with van der Waals surface area (Å²) in [6.07, 6.45) is 0. The molecule has 0 radical (unpaired) electrons. The second-order valence-corrected chi connectivity index (χ2v) is 3.40. The van der Waals surface area contributed by atoms with Gasteiger partial charge < -0.3 is 4.52 Å². The summed E-state index contributed by atoms with van der Waals surface area (Å²) in [7, 11) is 1.29. The predicted octanol–water partition coefficient (Wildman–Crippen LogP) is 3.33. The van der Waals surface area contributed by atoms with Gasteiger partial charge in [-0.3, -0.25) is 0 Å². The molecule has 4 heteroatoms. The van der Waals surface area contributed by atoms with Gasteiger partial charge >= 0.3 is 0 Å². The van der Waals surface area contributed by atoms with E-state index >= 15 is 0 Å². The normalized spacial score (nSPS) is 11.4. The molecule has 0 aliphatic heterocycles. The summed E-state index contributed by atoms with van der Waals surface area (Å²) < 4.78 is 9.30. The molecule has 0 heterocycles. The molecule has 0 saturated heterocycles. The number of hydrogen-bond donors (Lipinski definition) is 0. The molecule has 0 bridgehead atoms. The minimum absolute atomic E-state index is 0.597. The van der Waals surface area contributed by atoms with Gasteiger partial charge in [-0.05, 0) is 18.8 Å². The molecule has 0 aromatic heterocycles. The van der Waals surface area contributed by atoms with Crippen molar-refractivity contribution in [3.05, 3.63) is 30.3 Å². The van der Waals surface area contributed by atoms with Crippen molar-refractivity contribution >= 4 is 17.3 Å². The Morgan fingerprint density at radius 3 is 2.73 bits per heavy atom. The van der Waals surface area contributed by atoms with E-state index in [1.54, 1.807) is 0 Å². The molecule has 58 valence electrons. The Morgan fingerprint density at radius 1 is 1.36 bits per heavy atom. The molecule has 1 rings (SSSR count). The van der Waals surface area contributed by atoms with Crippen LogP contribution in [0.15, 0.2) is 34.8 Å². The van der Waals surface area contributed by atoms with Crippen LogP contribution in [0.5, 0.6) is 5.75 Å². The van der Waals surface area contributed by atoms with Crippen LogP contribution in [0.3, 0.4) is 0 Å². The second-order valence-electron chi connectivity index (χ2n) is 1.81. The van der Waals surface area contributed by atoms with Gasteiger partial charge in [-0.15, -0.1) is 0 Å². The van der Waals surface area contributed by atoms with Crippen LogP contribution in [0, 0.1) is 0 Å². The molecule has 0 fully saturated rings. The Hall–Kier alpha value is -0.450. The summed E-state index contributed by atoms with van der Waals surface area (Å²) >= 11 is 0. The number of para-hydroxylation sites is 1. The third kappa shape index (κ3) is 3.46. The average Bonchev–Trinajstić information content (AvgIpc) is 2.07. The topological polar surface area (TPSA) is 21.6 Å². The zero-order chi connectivity index (χ0) is 7.94. The molecular weight excluding hydrogens is 176 g/mol. The lowest BCUT2D eigenvalue weighted by Crippen LogP contribution is -1.70. The summed E-state index contributed by atoms with van der Waals surface area (Å²) in [6, 6.07) is 9.68. The standard InChI is InChI=1S/C7H9NOP2/c1-10-8-11-9-7-5-3-2-4-6-7/h2-6,10H,1H3. The van der Waals surface area contributed by atoms with Gasteiger partial charge in [0.15, 0.2) is 0 Å². The first-order valence-electron chi connectivity index (χ1n) is 3.22. The minimum atomic E-state index is 0.597. The number of rotatable bonds is 3. The van der Waals surface area contributed by atoms with Crippen molar-refractivity contribution in [2.24, 2.45) is 4.52 Å². The molecule has 0 aliphatic carbocycles. The third-order valence-corrected chi connectivity index (χ3v) is 2.45. The lowest BCUT2D eigenvalue weighted by molar-refractivity contribution is 0.639. The van der Waals surface area contributed by atoms with Gasteiger partial charge in [-0.1, -0.05) is 18.2 Å². The maximum atomic E-state index is 5.26. The molecule has 1 unspecified atom stereocenters. The van der Waals surface area contributed by atoms with E-state index in [9.17, 15) is 0 Å². The first kappa shape index (κ1) is 8.64. The SMILES string of the molecule is CPN=POc1ccccc1. The lowest BCUT2D eigenvalue weighted by Gasteiger charge is -1.94. The largest absolute Gasteiger partial charge is 0.423 e. The highest BCUT2D eigenvalue weighted by molar-refractivity contribution is 7.42. The van der Waals surface area contributed by atoms with E-state index in [1.807, 2.05) is 37.0 Å². The molecule has 2 nitrogen and oxygen atoms in total. The Bertz CT molecular complexity index is 225. The fourth-order valence-corrected chi connectivity index (χ4v) is 1.30. The smallest absolute Gasteiger partial charge is 0.245 e. The molecule has 1 aromatic carbocycles. The number of hydrogen-bond acceptors (Lipinski definition) is 2. The second kappa shape index (κ2) is 5.23. The molecule has 0 N–H and O–H groups in total. The summed E-state index contributed by atoms with van der Waals surface area (Å²) in [4.78, 5) is 0. The van der Waals surface area contributed by atoms with Crippen LogP contribution in [-0.4, -0.2) is 6.66 Å². The van der Waals surface area contributed by atoms with Crippen LogP contribution in [-0.2, 0) is 0 Å². The first-order chi connectivity index (χ1) is 5.43. The predicted molar refractivity (Wildman–Crippen MR) is 50.7 cm³/mol. The monoisotopic (exact) mass is 185 g/mol. The van der Waals surface area contributed by atoms with Crippen molar-refractivity contribution in [2.75, 3.05) is 6.66 Å². The van der Waals surface area contributed by atoms with Crippen molar-refractivity contribution in [1.29, 1.82) is 0 Å². The Balaban J connectivity index is 2.45. The van der Waals surface area contributed by atoms with Crippen LogP contribution >= 0.6 is 17.3 Å². The van der Waals surface area contributed by atoms with Gasteiger partial charge in [0.2, 0.25) is 8.60 Å². The molecule has 11 heavy (non-hydrogen) atoms. The molecule has 1 aromatic rings. The number of benzene rings is 1. The zero-order valence-electron chi connectivity index (χ0n) is 6.19. The minimum Gasteiger partial charge on any atom is -0.423 e. The third-order valence-electron chi connectivity index (χ3n) is 1.03. The summed E-state index contributed by atoms with van der Waals surface area (Å²) in [5.41, 5.74) is 0. The van der Waals surface area contributed by atoms with Gasteiger partial charge in [0.1, 0.15) is 5.75 Å². The summed E-state index contributed by atoms with van der Waals surface area (Å²) in [5.74, 6) is 0.871. The van der Waals surface area contributed by atoms with Crippen LogP contribution in [0.25, 0.3) is 0 Å². The van der Waals surface area contributed by atoms with Gasteiger partial charge in [0, 0.05) is 8.73 Å². The van der Waals surface area contributed by atoms with Crippen molar-refractivity contribution in [2.45, 2.75) is 0 Å². The Kier molecular flexibility index (Phi) is 4.11. The highest BCUT2D eigenvalue weighted by Gasteiger charge is 1.85. The quantitative estimate of drug-likeness (QED) is 0.661. The van der Waals surface area contributed by atoms with Crippen molar-refractivity contribution in [3.8, 4) is 5.75 Å². The van der Waals surface area contributed by atoms with Gasteiger partial charge in [0.05, 0.1) is 0 Å². The van der Waals surface area contributed by atoms with Crippen molar-refractivity contribution in [1.82, 2.24) is 0 Å². The van der Waals surface area contributed by atoms with E-state index in [4.69, 9.17) is 4.52 Å². The van der Waals surface area contributed by atoms with E-state index in [0.29, 0.717) is 17.3 Å². The molecule has 0 aliphatic rings. The maximum absolute atomic E-state index is 5.26. The average molecular weight is 185 g/mol. The summed E-state index contributed by atoms with van der Waals surface area (Å²) in [6.45, 7) is 2.02. The highest BCUT2D eigenvalue weighted by Crippen LogP contribution is 2.19. The van der Waals surface area contributed by atoms with Crippen molar-refractivity contribution < 1.29 is 4.52 Å². The van der Waals surface area contributed by atoms with E-state index in [0.717, 1.165) is 5.75 Å². The van der Waals surface area contributed by atoms with Crippen LogP contribution in [0.1, 0.15) is 0 Å². The fraction of sp³-hybridized carbons (Fsp3) is 0.143. The molecule has 0 saturated carbocycles. The van der Waals surface area contributed by atoms with E-state index < -0.39 is 0 Å². The van der Waals surface area contributed by atoms with Gasteiger partial charge in [-0.2, -0.15) is 0 Å². The summed E-state index contributed by atoms with van der Waals surface area (Å²) in [5, 5.41) is 0. The first-order valence-corrected chi connectivity index (χ1v) is 5.43. The lowest BCUT2D eigenvalue weighted by atomic mass is 10.3. The Morgan fingerprint density at radius 2 is 2.09 bits per heavy atom. The zero-order valence-corrected chi connectivity index (χ0v) is 8.08. The van der Waals surface area contributed by atoms with Gasteiger partial charge in [-0.25, -0.2) is 4.52 Å². The van der Waals surface area contributed by atoms with Gasteiger partial charge in [0.25, 0.3) is 0 Å². The van der Waals surface area contributed by atoms with Crippen molar-refractivity contribution in [3.63, 3.8) is 0 Å². The molecule has 1 atom stereocenters. The van der Waals surface area contributed by atoms with E-state index in [1.165, 1.54) is 0 Å². The highest BCUT2D eigenvalue weighted by atomic mass is 31.1. The van der Waals surface area contributed by atoms with Crippen LogP contribution in [0.2, 0.25) is 0 Å². The van der Waals surface area contributed by atoms with E-state index in [-0.39, 0.29) is 0 Å². The Labute approximate surface area is 69.8 Å². The van der Waals surface area contributed by atoms with Crippen LogP contribution in [0.4, 0.5) is 0 Å². The van der Waals surface area contributed by atoms with E-state index in [2.05, 4.69) is 4.52 Å². The maximum Gasteiger partial charge on any atom is 0.245 e.